The molecule has 0 aliphatic heterocycles. The topological polar surface area (TPSA) is 42.2 Å². The number of rotatable bonds is 4. The summed E-state index contributed by atoms with van der Waals surface area (Å²) < 4.78 is 8.94. The molecule has 0 aromatic rings. The molecule has 6 heteroatoms. The Kier molecular flexibility index (Phi) is 154. The number of hydrogen-bond donors (Lipinski definition) is 0. The predicted molar refractivity (Wildman–Crippen MR) is 46.0 cm³/mol. The van der Waals surface area contributed by atoms with Crippen molar-refractivity contribution in [2.75, 3.05) is 13.2 Å². The molecule has 0 radical (unpaired) electrons. The molecule has 3 nitrogen and oxygen atoms in total. The van der Waals surface area contributed by atoms with Crippen molar-refractivity contribution in [2.45, 2.75) is 13.8 Å². The van der Waals surface area contributed by atoms with E-state index in [1.165, 1.54) is 0 Å². The summed E-state index contributed by atoms with van der Waals surface area (Å²) in [7, 11) is 0. The van der Waals surface area contributed by atoms with Crippen LogP contribution < -0.4 is 37.7 Å². The minimum Gasteiger partial charge on any atom is -0.694 e. The van der Waals surface area contributed by atoms with Crippen LogP contribution in [0.15, 0.2) is 13.2 Å². The molecule has 0 amide bonds. The first-order chi connectivity index (χ1) is 5.83. The summed E-state index contributed by atoms with van der Waals surface area (Å²) in [6.07, 6.45) is 4.53. The second kappa shape index (κ2) is 63.8. The van der Waals surface area contributed by atoms with Gasteiger partial charge >= 0.3 is 54.8 Å². The maximum absolute atomic E-state index is 6.25. The van der Waals surface area contributed by atoms with Crippen LogP contribution in [0.25, 0.3) is 0 Å². The van der Waals surface area contributed by atoms with Gasteiger partial charge in [-0.05, 0) is 13.8 Å². The molecule has 0 saturated carbocycles. The third kappa shape index (κ3) is 117. The van der Waals surface area contributed by atoms with E-state index in [0.717, 1.165) is 0 Å². The zero-order valence-electron chi connectivity index (χ0n) is 9.89. The maximum Gasteiger partial charge on any atom is 1.00 e. The first kappa shape index (κ1) is 36.2. The number of nitrogens with zero attached hydrogens (tertiary/aromatic N) is 1. The van der Waals surface area contributed by atoms with E-state index in [4.69, 9.17) is 11.8 Å². The molecule has 0 fully saturated rings. The van der Waals surface area contributed by atoms with Gasteiger partial charge in [-0.1, -0.05) is 0 Å². The van der Waals surface area contributed by atoms with Crippen molar-refractivity contribution in [3.8, 4) is 0 Å². The molecular formula is C9H14CuLi2NO2. The molecule has 15 heavy (non-hydrogen) atoms. The van der Waals surface area contributed by atoms with Gasteiger partial charge in [0.25, 0.3) is 0 Å². The van der Waals surface area contributed by atoms with Crippen LogP contribution in [0.3, 0.4) is 0 Å². The van der Waals surface area contributed by atoms with Gasteiger partial charge in [0, 0.05) is 13.2 Å². The Morgan fingerprint density at radius 3 is 1.20 bits per heavy atom. The number of ether oxygens (including phenoxy) is 2. The third-order valence-corrected chi connectivity index (χ3v) is 0.493. The quantitative estimate of drug-likeness (QED) is 0.288. The minimum absolute atomic E-state index is 0. The van der Waals surface area contributed by atoms with Crippen LogP contribution in [0.2, 0.25) is 0 Å². The van der Waals surface area contributed by atoms with Crippen molar-refractivity contribution in [3.63, 3.8) is 0 Å². The fourth-order valence-corrected chi connectivity index (χ4v) is 0.204. The summed E-state index contributed by atoms with van der Waals surface area (Å²) in [5, 5.41) is 6.25. The SMILES string of the molecule is C=[C-]OCC.C=[C-]OCC.[C-]#N.[Cu+].[Li+].[Li+]. The van der Waals surface area contributed by atoms with E-state index in [1.807, 2.05) is 13.8 Å². The molecule has 0 aromatic heterocycles. The summed E-state index contributed by atoms with van der Waals surface area (Å²) in [4.78, 5) is 0. The van der Waals surface area contributed by atoms with Gasteiger partial charge in [0.2, 0.25) is 0 Å². The van der Waals surface area contributed by atoms with E-state index >= 15 is 0 Å². The Labute approximate surface area is 128 Å². The van der Waals surface area contributed by atoms with Crippen LogP contribution in [-0.2, 0) is 26.5 Å². The van der Waals surface area contributed by atoms with Gasteiger partial charge in [-0.15, -0.1) is 0 Å². The summed E-state index contributed by atoms with van der Waals surface area (Å²) in [5.41, 5.74) is 0. The Morgan fingerprint density at radius 2 is 1.20 bits per heavy atom. The van der Waals surface area contributed by atoms with E-state index < -0.39 is 0 Å². The predicted octanol–water partition coefficient (Wildman–Crippen LogP) is -3.96. The van der Waals surface area contributed by atoms with Gasteiger partial charge in [-0.2, -0.15) is 0 Å². The third-order valence-electron chi connectivity index (χ3n) is 0.493. The van der Waals surface area contributed by atoms with Crippen LogP contribution in [0, 0.1) is 24.4 Å². The zero-order chi connectivity index (χ0) is 10.2. The van der Waals surface area contributed by atoms with E-state index in [1.54, 1.807) is 0 Å². The van der Waals surface area contributed by atoms with Crippen molar-refractivity contribution < 1.29 is 64.3 Å². The molecule has 0 spiro atoms. The normalized spacial score (nSPS) is 4.53. The summed E-state index contributed by atoms with van der Waals surface area (Å²) >= 11 is 0. The fourth-order valence-electron chi connectivity index (χ4n) is 0.204. The van der Waals surface area contributed by atoms with Gasteiger partial charge in [0.15, 0.2) is 0 Å². The molecule has 0 N–H and O–H groups in total. The van der Waals surface area contributed by atoms with E-state index in [9.17, 15) is 0 Å². The average molecular weight is 246 g/mol. The molecular weight excluding hydrogens is 232 g/mol. The van der Waals surface area contributed by atoms with E-state index in [0.29, 0.717) is 13.2 Å². The summed E-state index contributed by atoms with van der Waals surface area (Å²) in [6, 6.07) is 0. The Bertz CT molecular complexity index is 104. The second-order valence-electron chi connectivity index (χ2n) is 1.15. The molecule has 0 heterocycles. The molecule has 0 atom stereocenters. The van der Waals surface area contributed by atoms with Crippen LogP contribution >= 0.6 is 0 Å². The van der Waals surface area contributed by atoms with Crippen molar-refractivity contribution in [2.24, 2.45) is 0 Å². The van der Waals surface area contributed by atoms with Crippen molar-refractivity contribution >= 4 is 0 Å². The van der Waals surface area contributed by atoms with E-state index in [-0.39, 0.29) is 54.8 Å². The Hall–Kier alpha value is 0.284. The monoisotopic (exact) mass is 245 g/mol. The molecule has 0 aliphatic carbocycles. The molecule has 0 aliphatic rings. The van der Waals surface area contributed by atoms with Crippen LogP contribution in [0.5, 0.6) is 0 Å². The minimum atomic E-state index is 0. The molecule has 0 saturated heterocycles. The Morgan fingerprint density at radius 1 is 1.00 bits per heavy atom. The maximum atomic E-state index is 6.25. The van der Waals surface area contributed by atoms with Crippen molar-refractivity contribution in [3.05, 3.63) is 32.3 Å². The van der Waals surface area contributed by atoms with Crippen LogP contribution in [-0.4, -0.2) is 13.2 Å². The van der Waals surface area contributed by atoms with Gasteiger partial charge < -0.3 is 33.8 Å². The molecule has 0 unspecified atom stereocenters. The summed E-state index contributed by atoms with van der Waals surface area (Å²) in [5.74, 6) is 0. The van der Waals surface area contributed by atoms with Gasteiger partial charge in [0.05, 0.1) is 0 Å². The summed E-state index contributed by atoms with van der Waals surface area (Å²) in [6.45, 7) is 16.3. The van der Waals surface area contributed by atoms with Crippen molar-refractivity contribution in [1.82, 2.24) is 0 Å². The molecule has 0 aromatic carbocycles. The largest absolute Gasteiger partial charge is 1.00 e. The zero-order valence-corrected chi connectivity index (χ0v) is 10.8. The fraction of sp³-hybridized carbons (Fsp3) is 0.444. The van der Waals surface area contributed by atoms with Gasteiger partial charge in [-0.3, -0.25) is 0 Å². The Balaban J connectivity index is -0.0000000197. The van der Waals surface area contributed by atoms with E-state index in [2.05, 4.69) is 35.2 Å². The average Bonchev–Trinajstić information content (AvgIpc) is 2.12. The van der Waals surface area contributed by atoms with Crippen molar-refractivity contribution in [1.29, 1.82) is 5.26 Å². The molecule has 0 bridgehead atoms. The number of hydrogen-bond acceptors (Lipinski definition) is 3. The van der Waals surface area contributed by atoms with Gasteiger partial charge in [-0.25, -0.2) is 13.2 Å². The standard InChI is InChI=1S/2C4H7O.CN.Cu.2Li/c2*1-3-5-4-2;1-2;;;/h2*1,4H2,2H3;;;;/q3*-1;3*+1. The first-order valence-corrected chi connectivity index (χ1v) is 3.33. The smallest absolute Gasteiger partial charge is 0.694 e. The molecule has 80 valence electrons. The van der Waals surface area contributed by atoms with Crippen LogP contribution in [0.1, 0.15) is 13.8 Å². The van der Waals surface area contributed by atoms with Gasteiger partial charge in [0.1, 0.15) is 0 Å². The second-order valence-corrected chi connectivity index (χ2v) is 1.15. The first-order valence-electron chi connectivity index (χ1n) is 3.33. The van der Waals surface area contributed by atoms with Crippen LogP contribution in [0.4, 0.5) is 0 Å². The molecule has 0 rings (SSSR count).